The fourth-order valence-corrected chi connectivity index (χ4v) is 2.00. The largest absolute Gasteiger partial charge is 0.468 e. The SMILES string of the molecule is CC=CC.COC(=O)C(C)(C)c1cc(C(C)=O)cc(C(C)(C)C)c1. The summed E-state index contributed by atoms with van der Waals surface area (Å²) in [6.45, 7) is 15.4. The van der Waals surface area contributed by atoms with Crippen LogP contribution in [0.4, 0.5) is 0 Å². The third kappa shape index (κ3) is 5.95. The zero-order valence-electron chi connectivity index (χ0n) is 16.6. The summed E-state index contributed by atoms with van der Waals surface area (Å²) >= 11 is 0. The average molecular weight is 332 g/mol. The molecule has 0 N–H and O–H groups in total. The van der Waals surface area contributed by atoms with Gasteiger partial charge in [-0.2, -0.15) is 0 Å². The Labute approximate surface area is 147 Å². The van der Waals surface area contributed by atoms with Crippen LogP contribution in [-0.2, 0) is 20.4 Å². The van der Waals surface area contributed by atoms with E-state index in [2.05, 4.69) is 20.8 Å². The Morgan fingerprint density at radius 1 is 0.917 bits per heavy atom. The Bertz CT molecular complexity index is 598. The smallest absolute Gasteiger partial charge is 0.315 e. The lowest BCUT2D eigenvalue weighted by molar-refractivity contribution is -0.146. The molecule has 134 valence electrons. The van der Waals surface area contributed by atoms with Crippen LogP contribution in [0.1, 0.15) is 76.9 Å². The number of hydrogen-bond donors (Lipinski definition) is 0. The molecule has 3 nitrogen and oxygen atoms in total. The predicted octanol–water partition coefficient (Wildman–Crippen LogP) is 5.22. The van der Waals surface area contributed by atoms with Crippen LogP contribution >= 0.6 is 0 Å². The van der Waals surface area contributed by atoms with E-state index in [1.165, 1.54) is 14.0 Å². The first kappa shape index (κ1) is 22.1. The van der Waals surface area contributed by atoms with Gasteiger partial charge in [0, 0.05) is 5.56 Å². The lowest BCUT2D eigenvalue weighted by Crippen LogP contribution is -2.31. The number of rotatable bonds is 3. The van der Waals surface area contributed by atoms with E-state index in [1.54, 1.807) is 6.07 Å². The number of methoxy groups -OCH3 is 1. The van der Waals surface area contributed by atoms with Crippen molar-refractivity contribution in [1.82, 2.24) is 0 Å². The van der Waals surface area contributed by atoms with Gasteiger partial charge in [-0.25, -0.2) is 0 Å². The molecule has 1 rings (SSSR count). The molecule has 0 aliphatic heterocycles. The molecule has 0 spiro atoms. The van der Waals surface area contributed by atoms with Crippen LogP contribution in [0, 0.1) is 0 Å². The number of carbonyl (C=O) groups is 2. The van der Waals surface area contributed by atoms with E-state index in [9.17, 15) is 9.59 Å². The van der Waals surface area contributed by atoms with Gasteiger partial charge < -0.3 is 4.74 Å². The second kappa shape index (κ2) is 8.81. The monoisotopic (exact) mass is 332 g/mol. The van der Waals surface area contributed by atoms with Gasteiger partial charge in [-0.3, -0.25) is 9.59 Å². The normalized spacial score (nSPS) is 11.7. The van der Waals surface area contributed by atoms with Crippen LogP contribution < -0.4 is 0 Å². The van der Waals surface area contributed by atoms with Crippen molar-refractivity contribution in [1.29, 1.82) is 0 Å². The molecule has 0 radical (unpaired) electrons. The molecule has 0 saturated heterocycles. The maximum absolute atomic E-state index is 12.0. The first-order valence-corrected chi connectivity index (χ1v) is 8.24. The van der Waals surface area contributed by atoms with Crippen LogP contribution in [0.2, 0.25) is 0 Å². The van der Waals surface area contributed by atoms with E-state index in [1.807, 2.05) is 52.0 Å². The fourth-order valence-electron chi connectivity index (χ4n) is 2.00. The lowest BCUT2D eigenvalue weighted by atomic mass is 9.78. The van der Waals surface area contributed by atoms with Gasteiger partial charge in [-0.1, -0.05) is 39.0 Å². The Hall–Kier alpha value is -1.90. The fraction of sp³-hybridized carbons (Fsp3) is 0.524. The van der Waals surface area contributed by atoms with Crippen molar-refractivity contribution >= 4 is 11.8 Å². The minimum Gasteiger partial charge on any atom is -0.468 e. The molecule has 0 atom stereocenters. The predicted molar refractivity (Wildman–Crippen MR) is 101 cm³/mol. The minimum atomic E-state index is -0.778. The van der Waals surface area contributed by atoms with Gasteiger partial charge >= 0.3 is 5.97 Å². The Morgan fingerprint density at radius 3 is 1.71 bits per heavy atom. The maximum atomic E-state index is 12.0. The van der Waals surface area contributed by atoms with Gasteiger partial charge in [0.15, 0.2) is 5.78 Å². The highest BCUT2D eigenvalue weighted by molar-refractivity contribution is 5.95. The van der Waals surface area contributed by atoms with Gasteiger partial charge in [0.1, 0.15) is 0 Å². The number of esters is 1. The van der Waals surface area contributed by atoms with Crippen molar-refractivity contribution in [2.24, 2.45) is 0 Å². The molecular weight excluding hydrogens is 300 g/mol. The lowest BCUT2D eigenvalue weighted by Gasteiger charge is -2.26. The van der Waals surface area contributed by atoms with Crippen LogP contribution in [0.25, 0.3) is 0 Å². The summed E-state index contributed by atoms with van der Waals surface area (Å²) in [5.41, 5.74) is 1.61. The Morgan fingerprint density at radius 2 is 1.38 bits per heavy atom. The first-order valence-electron chi connectivity index (χ1n) is 8.24. The van der Waals surface area contributed by atoms with Crippen LogP contribution in [0.15, 0.2) is 30.4 Å². The molecule has 0 aliphatic carbocycles. The molecule has 1 aromatic rings. The second-order valence-corrected chi connectivity index (χ2v) is 7.39. The van der Waals surface area contributed by atoms with E-state index < -0.39 is 5.41 Å². The molecule has 0 unspecified atom stereocenters. The van der Waals surface area contributed by atoms with Crippen molar-refractivity contribution in [3.63, 3.8) is 0 Å². The summed E-state index contributed by atoms with van der Waals surface area (Å²) < 4.78 is 4.87. The molecule has 0 aromatic heterocycles. The number of ether oxygens (including phenoxy) is 1. The molecule has 24 heavy (non-hydrogen) atoms. The second-order valence-electron chi connectivity index (χ2n) is 7.39. The van der Waals surface area contributed by atoms with Crippen molar-refractivity contribution < 1.29 is 14.3 Å². The maximum Gasteiger partial charge on any atom is 0.315 e. The number of ketones is 1. The van der Waals surface area contributed by atoms with Crippen LogP contribution in [0.3, 0.4) is 0 Å². The number of allylic oxidation sites excluding steroid dienone is 2. The quantitative estimate of drug-likeness (QED) is 0.433. The third-order valence-corrected chi connectivity index (χ3v) is 3.96. The van der Waals surface area contributed by atoms with Gasteiger partial charge in [0.05, 0.1) is 12.5 Å². The van der Waals surface area contributed by atoms with Crippen LogP contribution in [0.5, 0.6) is 0 Å². The van der Waals surface area contributed by atoms with Gasteiger partial charge in [0.2, 0.25) is 0 Å². The van der Waals surface area contributed by atoms with Gasteiger partial charge in [0.25, 0.3) is 0 Å². The highest BCUT2D eigenvalue weighted by atomic mass is 16.5. The average Bonchev–Trinajstić information content (AvgIpc) is 2.52. The minimum absolute atomic E-state index is 0.00184. The zero-order chi connectivity index (χ0) is 19.1. The van der Waals surface area contributed by atoms with Crippen molar-refractivity contribution in [3.8, 4) is 0 Å². The summed E-state index contributed by atoms with van der Waals surface area (Å²) in [5, 5.41) is 0. The Balaban J connectivity index is 0.00000118. The van der Waals surface area contributed by atoms with E-state index >= 15 is 0 Å². The summed E-state index contributed by atoms with van der Waals surface area (Å²) in [6, 6.07) is 5.68. The molecule has 0 heterocycles. The molecule has 0 amide bonds. The van der Waals surface area contributed by atoms with Crippen molar-refractivity contribution in [3.05, 3.63) is 47.0 Å². The molecular formula is C21H32O3. The van der Waals surface area contributed by atoms with Gasteiger partial charge in [-0.05, 0) is 63.3 Å². The standard InChI is InChI=1S/C17H24O3.C4H8/c1-11(18)12-8-13(16(2,3)4)10-14(9-12)17(5,6)15(19)20-7;1-3-4-2/h8-10H,1-7H3;3-4H,1-2H3. The van der Waals surface area contributed by atoms with Crippen molar-refractivity contribution in [2.75, 3.05) is 7.11 Å². The van der Waals surface area contributed by atoms with Gasteiger partial charge in [-0.15, -0.1) is 0 Å². The molecule has 1 aromatic carbocycles. The first-order chi connectivity index (χ1) is 10.9. The number of Topliss-reactive ketones (excluding diaryl/α,β-unsaturated/α-hetero) is 1. The van der Waals surface area contributed by atoms with E-state index in [-0.39, 0.29) is 17.2 Å². The number of benzene rings is 1. The molecule has 0 saturated carbocycles. The summed E-state index contributed by atoms with van der Waals surface area (Å²) in [7, 11) is 1.38. The molecule has 0 aliphatic rings. The van der Waals surface area contributed by atoms with Crippen LogP contribution in [-0.4, -0.2) is 18.9 Å². The van der Waals surface area contributed by atoms with E-state index in [0.717, 1.165) is 11.1 Å². The Kier molecular flexibility index (Phi) is 8.12. The molecule has 0 bridgehead atoms. The summed E-state index contributed by atoms with van der Waals surface area (Å²) in [4.78, 5) is 23.7. The third-order valence-electron chi connectivity index (χ3n) is 3.96. The topological polar surface area (TPSA) is 43.4 Å². The molecule has 0 fully saturated rings. The number of carbonyl (C=O) groups excluding carboxylic acids is 2. The zero-order valence-corrected chi connectivity index (χ0v) is 16.6. The van der Waals surface area contributed by atoms with E-state index in [4.69, 9.17) is 4.74 Å². The summed E-state index contributed by atoms with van der Waals surface area (Å²) in [6.07, 6.45) is 4.00. The van der Waals surface area contributed by atoms with E-state index in [0.29, 0.717) is 5.56 Å². The number of hydrogen-bond acceptors (Lipinski definition) is 3. The van der Waals surface area contributed by atoms with Crippen molar-refractivity contribution in [2.45, 2.75) is 66.2 Å². The highest BCUT2D eigenvalue weighted by Gasteiger charge is 2.32. The summed E-state index contributed by atoms with van der Waals surface area (Å²) in [5.74, 6) is -0.309. The molecule has 3 heteroatoms. The highest BCUT2D eigenvalue weighted by Crippen LogP contribution is 2.31.